The van der Waals surface area contributed by atoms with E-state index in [4.69, 9.17) is 13.9 Å². The van der Waals surface area contributed by atoms with Crippen molar-refractivity contribution in [3.8, 4) is 11.7 Å². The molecule has 1 aliphatic heterocycles. The number of alkyl halides is 2. The minimum atomic E-state index is -3.85. The normalized spacial score (nSPS) is 19.2. The van der Waals surface area contributed by atoms with E-state index in [9.17, 15) is 17.2 Å². The SMILES string of the molecule is CNC=O.C[C@@H]1CN(c2cc(S(=O)(=O)NC3(C)CC3)cn3c(-c4nnc(C(F)F)o4)ncc23)CCO1.[HH].[HH]. The van der Waals surface area contributed by atoms with Crippen LogP contribution in [0.15, 0.2) is 27.8 Å². The quantitative estimate of drug-likeness (QED) is 0.439. The van der Waals surface area contributed by atoms with Crippen molar-refractivity contribution in [2.75, 3.05) is 31.6 Å². The van der Waals surface area contributed by atoms with E-state index in [2.05, 4.69) is 25.2 Å². The van der Waals surface area contributed by atoms with Crippen molar-refractivity contribution in [2.45, 2.75) is 49.7 Å². The van der Waals surface area contributed by atoms with Crippen LogP contribution >= 0.6 is 0 Å². The molecule has 2 N–H and O–H groups in total. The number of anilines is 1. The van der Waals surface area contributed by atoms with Gasteiger partial charge in [-0.05, 0) is 32.8 Å². The smallest absolute Gasteiger partial charge is 0.314 e. The molecule has 1 atom stereocenters. The number of ether oxygens (including phenoxy) is 1. The first kappa shape index (κ1) is 25.9. The predicted molar refractivity (Wildman–Crippen MR) is 128 cm³/mol. The molecule has 1 amide bonds. The van der Waals surface area contributed by atoms with Gasteiger partial charge in [-0.1, -0.05) is 0 Å². The van der Waals surface area contributed by atoms with Crippen molar-refractivity contribution in [1.29, 1.82) is 0 Å². The number of hydrogen-bond acceptors (Lipinski definition) is 9. The molecule has 15 heteroatoms. The number of nitrogens with zero attached hydrogens (tertiary/aromatic N) is 5. The molecule has 0 unspecified atom stereocenters. The number of nitrogens with one attached hydrogen (secondary N) is 2. The summed E-state index contributed by atoms with van der Waals surface area (Å²) in [6.07, 6.45) is 2.11. The van der Waals surface area contributed by atoms with E-state index in [1.54, 1.807) is 13.1 Å². The van der Waals surface area contributed by atoms with Crippen LogP contribution in [-0.4, -0.2) is 72.8 Å². The lowest BCUT2D eigenvalue weighted by atomic mass is 10.2. The van der Waals surface area contributed by atoms with Gasteiger partial charge in [-0.25, -0.2) is 18.1 Å². The predicted octanol–water partition coefficient (Wildman–Crippen LogP) is 2.23. The second-order valence-electron chi connectivity index (χ2n) is 8.84. The fraction of sp³-hybridized carbons (Fsp3) is 0.524. The van der Waals surface area contributed by atoms with E-state index in [0.29, 0.717) is 37.3 Å². The Hall–Kier alpha value is -3.17. The highest BCUT2D eigenvalue weighted by atomic mass is 32.2. The van der Waals surface area contributed by atoms with Crippen LogP contribution in [0.4, 0.5) is 14.5 Å². The zero-order chi connectivity index (χ0) is 26.1. The third-order valence-electron chi connectivity index (χ3n) is 5.80. The number of hydrogen-bond donors (Lipinski definition) is 2. The monoisotopic (exact) mass is 531 g/mol. The lowest BCUT2D eigenvalue weighted by molar-refractivity contribution is -0.109. The Morgan fingerprint density at radius 2 is 2.06 bits per heavy atom. The largest absolute Gasteiger partial charge is 0.412 e. The van der Waals surface area contributed by atoms with Crippen LogP contribution in [-0.2, 0) is 19.6 Å². The first-order chi connectivity index (χ1) is 17.1. The fourth-order valence-corrected chi connectivity index (χ4v) is 5.22. The highest BCUT2D eigenvalue weighted by molar-refractivity contribution is 7.89. The lowest BCUT2D eigenvalue weighted by Gasteiger charge is -2.33. The average molecular weight is 532 g/mol. The minimum absolute atomic E-state index is 0. The number of imidazole rings is 1. The molecular weight excluding hydrogens is 500 g/mol. The lowest BCUT2D eigenvalue weighted by Crippen LogP contribution is -2.41. The van der Waals surface area contributed by atoms with Gasteiger partial charge < -0.3 is 19.4 Å². The number of fused-ring (bicyclic) bond motifs is 1. The van der Waals surface area contributed by atoms with Gasteiger partial charge in [0.25, 0.3) is 11.8 Å². The van der Waals surface area contributed by atoms with E-state index in [0.717, 1.165) is 12.8 Å². The van der Waals surface area contributed by atoms with Gasteiger partial charge >= 0.3 is 6.43 Å². The summed E-state index contributed by atoms with van der Waals surface area (Å²) in [5, 5.41) is 9.27. The summed E-state index contributed by atoms with van der Waals surface area (Å²) in [6, 6.07) is 1.60. The summed E-state index contributed by atoms with van der Waals surface area (Å²) in [6.45, 7) is 5.39. The maximum atomic E-state index is 13.2. The summed E-state index contributed by atoms with van der Waals surface area (Å²) in [4.78, 5) is 15.4. The number of morpholine rings is 1. The summed E-state index contributed by atoms with van der Waals surface area (Å²) < 4.78 is 67.1. The van der Waals surface area contributed by atoms with E-state index in [1.807, 2.05) is 18.7 Å². The first-order valence-electron chi connectivity index (χ1n) is 11.2. The summed E-state index contributed by atoms with van der Waals surface area (Å²) in [5.74, 6) is -0.971. The molecule has 0 bridgehead atoms. The average Bonchev–Trinajstić information content (AvgIpc) is 3.22. The number of amides is 1. The third kappa shape index (κ3) is 5.47. The van der Waals surface area contributed by atoms with Crippen molar-refractivity contribution in [1.82, 2.24) is 29.6 Å². The van der Waals surface area contributed by atoms with Crippen LogP contribution < -0.4 is 14.9 Å². The van der Waals surface area contributed by atoms with Gasteiger partial charge in [0.05, 0.1) is 30.1 Å². The molecule has 200 valence electrons. The van der Waals surface area contributed by atoms with Crippen molar-refractivity contribution in [3.05, 3.63) is 24.4 Å². The van der Waals surface area contributed by atoms with Crippen molar-refractivity contribution >= 4 is 27.6 Å². The number of carbonyl (C=O) groups is 1. The standard InChI is InChI=1S/C19H22F2N6O4S.C2H5NO.2H2/c1-11-9-26(5-6-30-11)13-7-12(32(28,29)25-19(2)3-4-19)10-27-14(13)8-22-16(27)18-24-23-17(31-18)15(20)21;1-3-2-4;;/h7-8,10-11,15,25H,3-6,9H2,1-2H3;2H,1H3,(H,3,4);2*1H/t11-;;;/m1.../s1. The van der Waals surface area contributed by atoms with E-state index in [1.165, 1.54) is 16.8 Å². The van der Waals surface area contributed by atoms with E-state index < -0.39 is 27.9 Å². The molecule has 3 aromatic rings. The maximum Gasteiger partial charge on any atom is 0.314 e. The van der Waals surface area contributed by atoms with Gasteiger partial charge in [-0.3, -0.25) is 9.20 Å². The van der Waals surface area contributed by atoms with Gasteiger partial charge in [0, 0.05) is 34.7 Å². The number of pyridine rings is 1. The van der Waals surface area contributed by atoms with Gasteiger partial charge in [0.1, 0.15) is 4.90 Å². The van der Waals surface area contributed by atoms with Gasteiger partial charge in [0.15, 0.2) is 0 Å². The van der Waals surface area contributed by atoms with Crippen LogP contribution in [0, 0.1) is 0 Å². The highest BCUT2D eigenvalue weighted by Crippen LogP contribution is 2.37. The molecule has 1 saturated heterocycles. The van der Waals surface area contributed by atoms with Crippen LogP contribution in [0.2, 0.25) is 0 Å². The second kappa shape index (κ2) is 10.1. The molecule has 36 heavy (non-hydrogen) atoms. The molecule has 4 heterocycles. The van der Waals surface area contributed by atoms with Crippen molar-refractivity contribution in [2.24, 2.45) is 0 Å². The summed E-state index contributed by atoms with van der Waals surface area (Å²) in [5.41, 5.74) is 0.761. The molecule has 5 rings (SSSR count). The summed E-state index contributed by atoms with van der Waals surface area (Å²) in [7, 11) is -2.29. The van der Waals surface area contributed by atoms with Crippen LogP contribution in [0.25, 0.3) is 17.2 Å². The number of aromatic nitrogens is 4. The Labute approximate surface area is 209 Å². The van der Waals surface area contributed by atoms with E-state index in [-0.39, 0.29) is 25.6 Å². The Morgan fingerprint density at radius 3 is 2.64 bits per heavy atom. The number of carbonyl (C=O) groups excluding carboxylic acids is 1. The molecule has 0 radical (unpaired) electrons. The molecule has 1 saturated carbocycles. The number of sulfonamides is 1. The zero-order valence-electron chi connectivity index (χ0n) is 19.9. The zero-order valence-corrected chi connectivity index (χ0v) is 20.8. The van der Waals surface area contributed by atoms with Gasteiger partial charge in [-0.15, -0.1) is 10.2 Å². The van der Waals surface area contributed by atoms with E-state index >= 15 is 0 Å². The Balaban J connectivity index is 0.000000791. The molecule has 2 fully saturated rings. The fourth-order valence-electron chi connectivity index (χ4n) is 3.74. The van der Waals surface area contributed by atoms with Crippen molar-refractivity contribution in [3.63, 3.8) is 0 Å². The van der Waals surface area contributed by atoms with Gasteiger partial charge in [0.2, 0.25) is 22.3 Å². The Bertz CT molecular complexity index is 1350. The topological polar surface area (TPSA) is 144 Å². The summed E-state index contributed by atoms with van der Waals surface area (Å²) >= 11 is 0. The number of rotatable bonds is 7. The molecule has 0 spiro atoms. The minimum Gasteiger partial charge on any atom is -0.412 e. The molecule has 1 aliphatic carbocycles. The molecule has 3 aromatic heterocycles. The van der Waals surface area contributed by atoms with Crippen molar-refractivity contribution < 1.29 is 34.0 Å². The van der Waals surface area contributed by atoms with Crippen LogP contribution in [0.5, 0.6) is 0 Å². The second-order valence-corrected chi connectivity index (χ2v) is 10.5. The maximum absolute atomic E-state index is 13.2. The Morgan fingerprint density at radius 1 is 1.33 bits per heavy atom. The van der Waals surface area contributed by atoms with Crippen LogP contribution in [0.3, 0.4) is 0 Å². The third-order valence-corrected chi connectivity index (χ3v) is 7.41. The first-order valence-corrected chi connectivity index (χ1v) is 12.7. The van der Waals surface area contributed by atoms with Gasteiger partial charge in [-0.2, -0.15) is 8.78 Å². The molecule has 2 aliphatic rings. The Kier molecular flexibility index (Phi) is 7.24. The molecule has 0 aromatic carbocycles. The van der Waals surface area contributed by atoms with Crippen LogP contribution in [0.1, 0.15) is 41.9 Å². The highest BCUT2D eigenvalue weighted by Gasteiger charge is 2.41. The molecule has 12 nitrogen and oxygen atoms in total. The molecular formula is C21H31F2N7O5S. The number of halogens is 2.